The van der Waals surface area contributed by atoms with Gasteiger partial charge in [-0.25, -0.2) is 9.78 Å². The van der Waals surface area contributed by atoms with Crippen molar-refractivity contribution in [1.82, 2.24) is 9.55 Å². The molecule has 0 aliphatic heterocycles. The number of carbonyl (C=O) groups is 1. The molecule has 0 fully saturated rings. The normalized spacial score (nSPS) is 11.1. The second kappa shape index (κ2) is 7.06. The Bertz CT molecular complexity index is 927. The lowest BCUT2D eigenvalue weighted by Gasteiger charge is -2.10. The van der Waals surface area contributed by atoms with Crippen molar-refractivity contribution < 1.29 is 23.0 Å². The third-order valence-electron chi connectivity index (χ3n) is 3.58. The molecule has 3 rings (SSSR count). The van der Waals surface area contributed by atoms with Crippen LogP contribution in [0.1, 0.15) is 22.7 Å². The SMILES string of the molecule is COc1ccc(Cl)cc1C(=O)OCc1nc2ccccc2n1C(F)F. The number of para-hydroxylation sites is 2. The summed E-state index contributed by atoms with van der Waals surface area (Å²) < 4.78 is 37.7. The van der Waals surface area contributed by atoms with E-state index >= 15 is 0 Å². The zero-order chi connectivity index (χ0) is 18.0. The summed E-state index contributed by atoms with van der Waals surface area (Å²) in [5.41, 5.74) is 0.771. The summed E-state index contributed by atoms with van der Waals surface area (Å²) in [7, 11) is 1.40. The Kier molecular flexibility index (Phi) is 4.85. The highest BCUT2D eigenvalue weighted by molar-refractivity contribution is 6.31. The minimum absolute atomic E-state index is 0.0504. The summed E-state index contributed by atoms with van der Waals surface area (Å²) in [6.45, 7) is -3.21. The molecule has 0 aliphatic carbocycles. The largest absolute Gasteiger partial charge is 0.496 e. The summed E-state index contributed by atoms with van der Waals surface area (Å²) >= 11 is 5.88. The molecule has 0 unspecified atom stereocenters. The van der Waals surface area contributed by atoms with Gasteiger partial charge in [0.05, 0.1) is 18.1 Å². The average molecular weight is 367 g/mol. The zero-order valence-electron chi connectivity index (χ0n) is 13.1. The lowest BCUT2D eigenvalue weighted by atomic mass is 10.2. The summed E-state index contributed by atoms with van der Waals surface area (Å²) in [6.07, 6.45) is 0. The Balaban J connectivity index is 1.87. The van der Waals surface area contributed by atoms with Gasteiger partial charge in [0.25, 0.3) is 0 Å². The van der Waals surface area contributed by atoms with E-state index in [0.717, 1.165) is 4.57 Å². The molecule has 8 heteroatoms. The number of hydrogen-bond donors (Lipinski definition) is 0. The van der Waals surface area contributed by atoms with Gasteiger partial charge in [-0.3, -0.25) is 4.57 Å². The second-order valence-electron chi connectivity index (χ2n) is 5.09. The number of methoxy groups -OCH3 is 1. The van der Waals surface area contributed by atoms with Gasteiger partial charge in [0.1, 0.15) is 17.9 Å². The van der Waals surface area contributed by atoms with Gasteiger partial charge in [-0.2, -0.15) is 8.78 Å². The quantitative estimate of drug-likeness (QED) is 0.626. The van der Waals surface area contributed by atoms with Gasteiger partial charge in [-0.15, -0.1) is 0 Å². The van der Waals surface area contributed by atoms with Crippen LogP contribution in [0.4, 0.5) is 8.78 Å². The van der Waals surface area contributed by atoms with E-state index < -0.39 is 19.1 Å². The molecule has 1 aromatic heterocycles. The Morgan fingerprint density at radius 1 is 1.28 bits per heavy atom. The first kappa shape index (κ1) is 17.2. The van der Waals surface area contributed by atoms with E-state index in [-0.39, 0.29) is 22.7 Å². The number of ether oxygens (including phenoxy) is 2. The number of benzene rings is 2. The summed E-state index contributed by atoms with van der Waals surface area (Å²) in [4.78, 5) is 16.4. The lowest BCUT2D eigenvalue weighted by molar-refractivity contribution is 0.0384. The molecule has 0 radical (unpaired) electrons. The Hall–Kier alpha value is -2.67. The number of esters is 1. The number of carbonyl (C=O) groups excluding carboxylic acids is 1. The molecular weight excluding hydrogens is 354 g/mol. The fourth-order valence-corrected chi connectivity index (χ4v) is 2.63. The number of aromatic nitrogens is 2. The summed E-state index contributed by atoms with van der Waals surface area (Å²) in [6, 6.07) is 10.9. The van der Waals surface area contributed by atoms with E-state index in [1.54, 1.807) is 24.3 Å². The van der Waals surface area contributed by atoms with Crippen LogP contribution in [-0.2, 0) is 11.3 Å². The number of nitrogens with zero attached hydrogens (tertiary/aromatic N) is 2. The minimum Gasteiger partial charge on any atom is -0.496 e. The van der Waals surface area contributed by atoms with E-state index in [9.17, 15) is 13.6 Å². The molecular formula is C17H13ClF2N2O3. The standard InChI is InChI=1S/C17H13ClF2N2O3/c1-24-14-7-6-10(18)8-11(14)16(23)25-9-15-21-12-4-2-3-5-13(12)22(15)17(19)20/h2-8,17H,9H2,1H3. The van der Waals surface area contributed by atoms with E-state index in [4.69, 9.17) is 21.1 Å². The maximum absolute atomic E-state index is 13.4. The van der Waals surface area contributed by atoms with E-state index in [0.29, 0.717) is 10.5 Å². The van der Waals surface area contributed by atoms with Crippen LogP contribution in [0.2, 0.25) is 5.02 Å². The predicted octanol–water partition coefficient (Wildman–Crippen LogP) is 4.45. The smallest absolute Gasteiger partial charge is 0.342 e. The van der Waals surface area contributed by atoms with E-state index in [1.165, 1.54) is 25.3 Å². The van der Waals surface area contributed by atoms with Gasteiger partial charge in [0.2, 0.25) is 0 Å². The highest BCUT2D eigenvalue weighted by Gasteiger charge is 2.20. The Morgan fingerprint density at radius 2 is 2.04 bits per heavy atom. The number of alkyl halides is 2. The molecule has 3 aromatic rings. The number of fused-ring (bicyclic) bond motifs is 1. The zero-order valence-corrected chi connectivity index (χ0v) is 13.8. The van der Waals surface area contributed by atoms with Gasteiger partial charge in [0.15, 0.2) is 5.82 Å². The molecule has 0 saturated carbocycles. The first-order valence-corrected chi connectivity index (χ1v) is 7.63. The molecule has 130 valence electrons. The molecule has 1 heterocycles. The third-order valence-corrected chi connectivity index (χ3v) is 3.81. The summed E-state index contributed by atoms with van der Waals surface area (Å²) in [5, 5.41) is 0.326. The van der Waals surface area contributed by atoms with Crippen LogP contribution in [0, 0.1) is 0 Å². The third kappa shape index (κ3) is 3.41. The van der Waals surface area contributed by atoms with Crippen molar-refractivity contribution in [3.8, 4) is 5.75 Å². The van der Waals surface area contributed by atoms with Crippen molar-refractivity contribution in [2.75, 3.05) is 7.11 Å². The maximum atomic E-state index is 13.4. The molecule has 0 spiro atoms. The average Bonchev–Trinajstić information content (AvgIpc) is 2.98. The van der Waals surface area contributed by atoms with Crippen molar-refractivity contribution in [2.24, 2.45) is 0 Å². The minimum atomic E-state index is -2.80. The second-order valence-corrected chi connectivity index (χ2v) is 5.52. The maximum Gasteiger partial charge on any atom is 0.342 e. The predicted molar refractivity (Wildman–Crippen MR) is 88.1 cm³/mol. The number of rotatable bonds is 5. The van der Waals surface area contributed by atoms with E-state index in [1.807, 2.05) is 0 Å². The monoisotopic (exact) mass is 366 g/mol. The Morgan fingerprint density at radius 3 is 2.76 bits per heavy atom. The molecule has 0 saturated heterocycles. The van der Waals surface area contributed by atoms with Gasteiger partial charge in [-0.1, -0.05) is 23.7 Å². The topological polar surface area (TPSA) is 53.4 Å². The highest BCUT2D eigenvalue weighted by Crippen LogP contribution is 2.26. The van der Waals surface area contributed by atoms with Gasteiger partial charge < -0.3 is 9.47 Å². The fraction of sp³-hybridized carbons (Fsp3) is 0.176. The fourth-order valence-electron chi connectivity index (χ4n) is 2.46. The van der Waals surface area contributed by atoms with E-state index in [2.05, 4.69) is 4.98 Å². The molecule has 2 aromatic carbocycles. The van der Waals surface area contributed by atoms with Crippen LogP contribution in [0.3, 0.4) is 0 Å². The molecule has 0 amide bonds. The lowest BCUT2D eigenvalue weighted by Crippen LogP contribution is -2.11. The number of hydrogen-bond acceptors (Lipinski definition) is 4. The highest BCUT2D eigenvalue weighted by atomic mass is 35.5. The van der Waals surface area contributed by atoms with Crippen LogP contribution in [0.25, 0.3) is 11.0 Å². The first-order valence-electron chi connectivity index (χ1n) is 7.26. The molecule has 0 N–H and O–H groups in total. The molecule has 25 heavy (non-hydrogen) atoms. The number of imidazole rings is 1. The van der Waals surface area contributed by atoms with Crippen LogP contribution in [0.15, 0.2) is 42.5 Å². The molecule has 0 aliphatic rings. The molecule has 0 bridgehead atoms. The van der Waals surface area contributed by atoms with Crippen LogP contribution < -0.4 is 4.74 Å². The van der Waals surface area contributed by atoms with Crippen molar-refractivity contribution in [2.45, 2.75) is 13.2 Å². The van der Waals surface area contributed by atoms with Crippen LogP contribution in [0.5, 0.6) is 5.75 Å². The van der Waals surface area contributed by atoms with Crippen LogP contribution in [-0.4, -0.2) is 22.6 Å². The number of halogens is 3. The van der Waals surface area contributed by atoms with Crippen molar-refractivity contribution in [3.05, 3.63) is 58.9 Å². The van der Waals surface area contributed by atoms with Crippen LogP contribution >= 0.6 is 11.6 Å². The van der Waals surface area contributed by atoms with Gasteiger partial charge >= 0.3 is 12.5 Å². The van der Waals surface area contributed by atoms with Crippen molar-refractivity contribution in [1.29, 1.82) is 0 Å². The first-order chi connectivity index (χ1) is 12.0. The van der Waals surface area contributed by atoms with Gasteiger partial charge in [0, 0.05) is 5.02 Å². The summed E-state index contributed by atoms with van der Waals surface area (Å²) in [5.74, 6) is -0.519. The molecule has 0 atom stereocenters. The van der Waals surface area contributed by atoms with Crippen molar-refractivity contribution >= 4 is 28.6 Å². The Labute approximate surface area is 146 Å². The van der Waals surface area contributed by atoms with Gasteiger partial charge in [-0.05, 0) is 30.3 Å². The van der Waals surface area contributed by atoms with Crippen molar-refractivity contribution in [3.63, 3.8) is 0 Å². The molecule has 5 nitrogen and oxygen atoms in total.